The number of aromatic nitrogens is 1. The van der Waals surface area contributed by atoms with Gasteiger partial charge in [-0.25, -0.2) is 0 Å². The van der Waals surface area contributed by atoms with Gasteiger partial charge in [-0.2, -0.15) is 0 Å². The number of anilines is 3. The van der Waals surface area contributed by atoms with Crippen molar-refractivity contribution in [2.45, 2.75) is 12.3 Å². The van der Waals surface area contributed by atoms with Crippen molar-refractivity contribution in [1.82, 2.24) is 4.57 Å². The van der Waals surface area contributed by atoms with Gasteiger partial charge < -0.3 is 9.47 Å². The van der Waals surface area contributed by atoms with Crippen molar-refractivity contribution >= 4 is 50.1 Å². The highest BCUT2D eigenvalue weighted by molar-refractivity contribution is 6.11. The van der Waals surface area contributed by atoms with E-state index in [0.29, 0.717) is 5.92 Å². The van der Waals surface area contributed by atoms with Gasteiger partial charge in [-0.1, -0.05) is 176 Å². The highest BCUT2D eigenvalue weighted by Gasteiger charge is 2.25. The molecule has 0 bridgehead atoms. The SMILES string of the molecule is C=C1c2ccccc2-c2ccc(N(c3ccc(-c4ccc5c(c4)c4ccccc4n5C4=CCC(c5ccccc5)C=C4)cc3)c3cc(-c4ccccc4)cc(-c4ccccc4)c3)cc21. The number of rotatable bonds is 8. The molecule has 0 aliphatic heterocycles. The van der Waals surface area contributed by atoms with Crippen LogP contribution in [-0.4, -0.2) is 4.57 Å². The van der Waals surface area contributed by atoms with Crippen LogP contribution in [0.3, 0.4) is 0 Å². The van der Waals surface area contributed by atoms with E-state index in [0.717, 1.165) is 29.1 Å². The average Bonchev–Trinajstić information content (AvgIpc) is 3.85. The summed E-state index contributed by atoms with van der Waals surface area (Å²) in [4.78, 5) is 2.41. The quantitative estimate of drug-likeness (QED) is 0.148. The smallest absolute Gasteiger partial charge is 0.0541 e. The molecule has 2 nitrogen and oxygen atoms in total. The van der Waals surface area contributed by atoms with Gasteiger partial charge in [0, 0.05) is 39.4 Å². The Kier molecular flexibility index (Phi) is 9.16. The summed E-state index contributed by atoms with van der Waals surface area (Å²) in [6.45, 7) is 4.59. The van der Waals surface area contributed by atoms with Gasteiger partial charge in [0.05, 0.1) is 11.0 Å². The summed E-state index contributed by atoms with van der Waals surface area (Å²) in [6.07, 6.45) is 8.04. The van der Waals surface area contributed by atoms with Crippen LogP contribution in [-0.2, 0) is 0 Å². The van der Waals surface area contributed by atoms with Gasteiger partial charge in [0.2, 0.25) is 0 Å². The minimum atomic E-state index is 0.390. The molecule has 1 aromatic heterocycles. The van der Waals surface area contributed by atoms with Gasteiger partial charge in [-0.05, 0) is 140 Å². The van der Waals surface area contributed by atoms with Crippen LogP contribution >= 0.6 is 0 Å². The molecule has 302 valence electrons. The fraction of sp³-hybridized carbons (Fsp3) is 0.0323. The largest absolute Gasteiger partial charge is 0.310 e. The topological polar surface area (TPSA) is 8.17 Å². The fourth-order valence-corrected chi connectivity index (χ4v) is 10.0. The van der Waals surface area contributed by atoms with Crippen LogP contribution in [0.25, 0.3) is 77.6 Å². The van der Waals surface area contributed by atoms with E-state index in [1.807, 2.05) is 0 Å². The lowest BCUT2D eigenvalue weighted by atomic mass is 9.92. The number of fused-ring (bicyclic) bond motifs is 6. The standard InChI is InChI=1S/C62H44N2/c1-42-55-21-11-12-22-56(55)57-35-34-53(41-59(42)57)63(54-38-49(44-17-7-3-8-18-44)37-50(39-54)45-19-9-4-10-20-45)51-30-27-47(28-31-51)48-29-36-62-60(40-48)58-23-13-14-24-61(58)64(62)52-32-25-46(26-33-52)43-15-5-2-6-16-43/h2-25,27-41,46H,1,26H2. The molecule has 9 aromatic carbocycles. The Morgan fingerprint density at radius 1 is 0.406 bits per heavy atom. The Morgan fingerprint density at radius 2 is 0.984 bits per heavy atom. The number of allylic oxidation sites excluding steroid dienone is 4. The summed E-state index contributed by atoms with van der Waals surface area (Å²) >= 11 is 0. The van der Waals surface area contributed by atoms with E-state index in [4.69, 9.17) is 0 Å². The first-order valence-electron chi connectivity index (χ1n) is 22.2. The Morgan fingerprint density at radius 3 is 1.69 bits per heavy atom. The molecule has 0 saturated heterocycles. The van der Waals surface area contributed by atoms with Crippen molar-refractivity contribution in [2.24, 2.45) is 0 Å². The maximum absolute atomic E-state index is 4.59. The summed E-state index contributed by atoms with van der Waals surface area (Å²) in [7, 11) is 0. The third-order valence-electron chi connectivity index (χ3n) is 13.2. The highest BCUT2D eigenvalue weighted by atomic mass is 15.1. The molecule has 2 aliphatic carbocycles. The van der Waals surface area contributed by atoms with Crippen molar-refractivity contribution in [3.05, 3.63) is 260 Å². The van der Waals surface area contributed by atoms with Crippen molar-refractivity contribution in [2.75, 3.05) is 4.90 Å². The van der Waals surface area contributed by atoms with Crippen LogP contribution in [0.1, 0.15) is 29.0 Å². The van der Waals surface area contributed by atoms with Gasteiger partial charge in [-0.3, -0.25) is 0 Å². The summed E-state index contributed by atoms with van der Waals surface area (Å²) < 4.78 is 2.43. The minimum Gasteiger partial charge on any atom is -0.310 e. The molecule has 1 unspecified atom stereocenters. The van der Waals surface area contributed by atoms with Crippen LogP contribution in [0.5, 0.6) is 0 Å². The Balaban J connectivity index is 0.960. The molecule has 0 saturated carbocycles. The number of para-hydroxylation sites is 1. The van der Waals surface area contributed by atoms with Crippen molar-refractivity contribution < 1.29 is 0 Å². The predicted molar refractivity (Wildman–Crippen MR) is 271 cm³/mol. The molecule has 1 atom stereocenters. The van der Waals surface area contributed by atoms with Gasteiger partial charge >= 0.3 is 0 Å². The zero-order chi connectivity index (χ0) is 42.6. The van der Waals surface area contributed by atoms with E-state index >= 15 is 0 Å². The molecule has 2 heteroatoms. The Labute approximate surface area is 374 Å². The first-order chi connectivity index (χ1) is 31.6. The second kappa shape index (κ2) is 15.6. The molecule has 0 N–H and O–H groups in total. The Bertz CT molecular complexity index is 3400. The second-order valence-electron chi connectivity index (χ2n) is 17.0. The van der Waals surface area contributed by atoms with Crippen LogP contribution < -0.4 is 4.90 Å². The molecule has 0 spiro atoms. The predicted octanol–water partition coefficient (Wildman–Crippen LogP) is 16.9. The monoisotopic (exact) mass is 816 g/mol. The first kappa shape index (κ1) is 37.6. The first-order valence-corrected chi connectivity index (χ1v) is 22.2. The molecule has 1 heterocycles. The van der Waals surface area contributed by atoms with Crippen molar-refractivity contribution in [3.8, 4) is 44.5 Å². The highest BCUT2D eigenvalue weighted by Crippen LogP contribution is 2.48. The molecule has 64 heavy (non-hydrogen) atoms. The van der Waals surface area contributed by atoms with Crippen LogP contribution in [0.15, 0.2) is 243 Å². The molecule has 0 fully saturated rings. The molecule has 0 radical (unpaired) electrons. The minimum absolute atomic E-state index is 0.390. The van der Waals surface area contributed by atoms with Crippen LogP contribution in [0.2, 0.25) is 0 Å². The van der Waals surface area contributed by atoms with Crippen molar-refractivity contribution in [3.63, 3.8) is 0 Å². The average molecular weight is 817 g/mol. The fourth-order valence-electron chi connectivity index (χ4n) is 10.0. The van der Waals surface area contributed by atoms with Gasteiger partial charge in [0.15, 0.2) is 0 Å². The van der Waals surface area contributed by atoms with E-state index in [-0.39, 0.29) is 0 Å². The molecular weight excluding hydrogens is 773 g/mol. The molecule has 10 aromatic rings. The van der Waals surface area contributed by atoms with Crippen LogP contribution in [0, 0.1) is 0 Å². The van der Waals surface area contributed by atoms with Gasteiger partial charge in [0.1, 0.15) is 0 Å². The van der Waals surface area contributed by atoms with Crippen molar-refractivity contribution in [1.29, 1.82) is 0 Å². The third kappa shape index (κ3) is 6.51. The molecule has 12 rings (SSSR count). The van der Waals surface area contributed by atoms with Crippen LogP contribution in [0.4, 0.5) is 17.1 Å². The zero-order valence-corrected chi connectivity index (χ0v) is 35.4. The molecule has 2 aliphatic rings. The number of hydrogen-bond acceptors (Lipinski definition) is 1. The van der Waals surface area contributed by atoms with E-state index in [2.05, 4.69) is 253 Å². The molecule has 0 amide bonds. The van der Waals surface area contributed by atoms with E-state index < -0.39 is 0 Å². The summed E-state index contributed by atoms with van der Waals surface area (Å²) in [5.74, 6) is 0.390. The molecular formula is C62H44N2. The lowest BCUT2D eigenvalue weighted by molar-refractivity contribution is 0.850. The van der Waals surface area contributed by atoms with Gasteiger partial charge in [-0.15, -0.1) is 0 Å². The summed E-state index contributed by atoms with van der Waals surface area (Å²) in [5, 5.41) is 2.51. The summed E-state index contributed by atoms with van der Waals surface area (Å²) in [5.41, 5.74) is 21.2. The maximum atomic E-state index is 4.59. The lowest BCUT2D eigenvalue weighted by Crippen LogP contribution is -2.10. The number of hydrogen-bond donors (Lipinski definition) is 0. The van der Waals surface area contributed by atoms with E-state index in [1.165, 1.54) is 88.7 Å². The third-order valence-corrected chi connectivity index (χ3v) is 13.2. The maximum Gasteiger partial charge on any atom is 0.0541 e. The van der Waals surface area contributed by atoms with E-state index in [9.17, 15) is 0 Å². The second-order valence-corrected chi connectivity index (χ2v) is 17.0. The zero-order valence-electron chi connectivity index (χ0n) is 35.4. The van der Waals surface area contributed by atoms with E-state index in [1.54, 1.807) is 0 Å². The van der Waals surface area contributed by atoms with Gasteiger partial charge in [0.25, 0.3) is 0 Å². The number of benzene rings is 9. The summed E-state index contributed by atoms with van der Waals surface area (Å²) in [6, 6.07) is 79.6. The lowest BCUT2D eigenvalue weighted by Gasteiger charge is -2.28. The normalized spacial score (nSPS) is 14.1. The number of nitrogens with zero attached hydrogens (tertiary/aromatic N) is 2. The Hall–Kier alpha value is -8.20.